The Labute approximate surface area is 160 Å². The lowest BCUT2D eigenvalue weighted by molar-refractivity contribution is 0.0998. The second-order valence-electron chi connectivity index (χ2n) is 6.39. The van der Waals surface area contributed by atoms with Crippen LogP contribution in [0, 0.1) is 0 Å². The van der Waals surface area contributed by atoms with E-state index in [-0.39, 0.29) is 10.7 Å². The first-order valence-electron chi connectivity index (χ1n) is 7.79. The first kappa shape index (κ1) is 18.3. The number of rotatable bonds is 4. The molecule has 1 aromatic heterocycles. The number of amidine groups is 1. The minimum Gasteiger partial charge on any atom is -0.496 e. The number of amides is 1. The van der Waals surface area contributed by atoms with Crippen molar-refractivity contribution in [1.82, 2.24) is 4.90 Å². The number of ether oxygens (including phenoxy) is 1. The van der Waals surface area contributed by atoms with Gasteiger partial charge in [-0.1, -0.05) is 23.4 Å². The minimum absolute atomic E-state index is 0.00749. The number of carbonyl (C=O) groups is 1. The molecule has 2 heterocycles. The van der Waals surface area contributed by atoms with Gasteiger partial charge < -0.3 is 9.64 Å². The quantitative estimate of drug-likeness (QED) is 0.737. The molecule has 1 fully saturated rings. The van der Waals surface area contributed by atoms with E-state index in [2.05, 4.69) is 40.6 Å². The summed E-state index contributed by atoms with van der Waals surface area (Å²) in [6, 6.07) is 7.08. The van der Waals surface area contributed by atoms with Gasteiger partial charge in [-0.15, -0.1) is 0 Å². The molecule has 0 saturated carbocycles. The van der Waals surface area contributed by atoms with Gasteiger partial charge in [0.1, 0.15) is 5.75 Å². The molecular weight excluding hydrogens is 376 g/mol. The summed E-state index contributed by atoms with van der Waals surface area (Å²) in [7, 11) is 1.53. The highest BCUT2D eigenvalue weighted by Gasteiger charge is 2.35. The maximum atomic E-state index is 12.7. The molecule has 3 rings (SSSR count). The monoisotopic (exact) mass is 394 g/mol. The van der Waals surface area contributed by atoms with Crippen LogP contribution in [0.3, 0.4) is 0 Å². The Morgan fingerprint density at radius 2 is 2.20 bits per heavy atom. The molecule has 1 saturated heterocycles. The number of methoxy groups -OCH3 is 1. The van der Waals surface area contributed by atoms with Crippen molar-refractivity contribution in [3.05, 3.63) is 51.2 Å². The summed E-state index contributed by atoms with van der Waals surface area (Å²) in [5, 5.41) is 5.40. The fraction of sp³-hybridized carbons (Fsp3) is 0.333. The smallest absolute Gasteiger partial charge is 0.283 e. The van der Waals surface area contributed by atoms with Crippen molar-refractivity contribution >= 4 is 45.8 Å². The lowest BCUT2D eigenvalue weighted by Gasteiger charge is -2.19. The van der Waals surface area contributed by atoms with E-state index in [1.807, 2.05) is 0 Å². The number of thiophene rings is 1. The van der Waals surface area contributed by atoms with Crippen LogP contribution in [0.4, 0.5) is 0 Å². The number of hydrogen-bond acceptors (Lipinski definition) is 4. The average molecular weight is 395 g/mol. The van der Waals surface area contributed by atoms with Crippen molar-refractivity contribution in [3.63, 3.8) is 0 Å². The summed E-state index contributed by atoms with van der Waals surface area (Å²) in [5.74, 6) is 0.139. The third kappa shape index (κ3) is 4.37. The molecule has 7 heteroatoms. The zero-order chi connectivity index (χ0) is 18.0. The molecule has 132 valence electrons. The van der Waals surface area contributed by atoms with Gasteiger partial charge in [0.15, 0.2) is 5.17 Å². The average Bonchev–Trinajstić information content (AvgIpc) is 3.15. The van der Waals surface area contributed by atoms with Gasteiger partial charge in [0.05, 0.1) is 12.7 Å². The first-order valence-corrected chi connectivity index (χ1v) is 9.93. The number of aliphatic imine (C=N–C) groups is 1. The van der Waals surface area contributed by atoms with Gasteiger partial charge in [0.25, 0.3) is 5.91 Å². The Balaban J connectivity index is 1.89. The maximum Gasteiger partial charge on any atom is 0.283 e. The molecule has 0 aliphatic carbocycles. The summed E-state index contributed by atoms with van der Waals surface area (Å²) < 4.78 is 5.28. The SMILES string of the molecule is COc1ccc(Cl)cc1C(=O)N=C1SC(C)(C)CN1Cc1ccsc1. The molecule has 0 N–H and O–H groups in total. The minimum atomic E-state index is -0.338. The lowest BCUT2D eigenvalue weighted by atomic mass is 10.2. The van der Waals surface area contributed by atoms with Crippen LogP contribution in [-0.2, 0) is 6.54 Å². The van der Waals surface area contributed by atoms with Gasteiger partial charge in [-0.25, -0.2) is 0 Å². The number of benzene rings is 1. The molecule has 0 unspecified atom stereocenters. The van der Waals surface area contributed by atoms with E-state index in [1.165, 1.54) is 12.7 Å². The standard InChI is InChI=1S/C18H19ClN2O2S2/c1-18(2)11-21(9-12-6-7-24-10-12)17(25-18)20-16(22)14-8-13(19)4-5-15(14)23-3/h4-8,10H,9,11H2,1-3H3. The van der Waals surface area contributed by atoms with Crippen LogP contribution in [0.25, 0.3) is 0 Å². The van der Waals surface area contributed by atoms with Crippen molar-refractivity contribution < 1.29 is 9.53 Å². The van der Waals surface area contributed by atoms with E-state index < -0.39 is 0 Å². The molecular formula is C18H19ClN2O2S2. The molecule has 0 atom stereocenters. The molecule has 25 heavy (non-hydrogen) atoms. The molecule has 0 spiro atoms. The van der Waals surface area contributed by atoms with Crippen LogP contribution in [0.1, 0.15) is 29.8 Å². The predicted octanol–water partition coefficient (Wildman–Crippen LogP) is 4.93. The van der Waals surface area contributed by atoms with Crippen LogP contribution in [0.15, 0.2) is 40.0 Å². The van der Waals surface area contributed by atoms with Crippen molar-refractivity contribution in [2.24, 2.45) is 4.99 Å². The Kier molecular flexibility index (Phi) is 5.41. The number of thioether (sulfide) groups is 1. The van der Waals surface area contributed by atoms with Gasteiger partial charge in [0.2, 0.25) is 0 Å². The zero-order valence-electron chi connectivity index (χ0n) is 14.3. The van der Waals surface area contributed by atoms with E-state index in [9.17, 15) is 4.79 Å². The topological polar surface area (TPSA) is 41.9 Å². The fourth-order valence-electron chi connectivity index (χ4n) is 2.69. The van der Waals surface area contributed by atoms with Gasteiger partial charge in [-0.05, 0) is 54.4 Å². The van der Waals surface area contributed by atoms with E-state index in [1.54, 1.807) is 41.3 Å². The first-order chi connectivity index (χ1) is 11.9. The Morgan fingerprint density at radius 1 is 1.40 bits per heavy atom. The molecule has 1 aromatic carbocycles. The highest BCUT2D eigenvalue weighted by atomic mass is 35.5. The Morgan fingerprint density at radius 3 is 2.88 bits per heavy atom. The number of hydrogen-bond donors (Lipinski definition) is 0. The van der Waals surface area contributed by atoms with Crippen LogP contribution in [0.5, 0.6) is 5.75 Å². The molecule has 0 bridgehead atoms. The Hall–Kier alpha value is -1.50. The van der Waals surface area contributed by atoms with Crippen molar-refractivity contribution in [2.45, 2.75) is 25.1 Å². The van der Waals surface area contributed by atoms with Gasteiger partial charge in [0, 0.05) is 22.9 Å². The summed E-state index contributed by atoms with van der Waals surface area (Å²) in [5.41, 5.74) is 1.60. The zero-order valence-corrected chi connectivity index (χ0v) is 16.7. The number of nitrogens with zero attached hydrogens (tertiary/aromatic N) is 2. The van der Waals surface area contributed by atoms with Crippen LogP contribution in [0.2, 0.25) is 5.02 Å². The summed E-state index contributed by atoms with van der Waals surface area (Å²) in [4.78, 5) is 19.3. The molecule has 1 amide bonds. The molecule has 0 radical (unpaired) electrons. The predicted molar refractivity (Wildman–Crippen MR) is 106 cm³/mol. The van der Waals surface area contributed by atoms with Crippen molar-refractivity contribution in [3.8, 4) is 5.75 Å². The third-order valence-corrected chi connectivity index (χ3v) is 5.93. The summed E-state index contributed by atoms with van der Waals surface area (Å²) in [6.45, 7) is 5.90. The van der Waals surface area contributed by atoms with Crippen LogP contribution in [-0.4, -0.2) is 34.4 Å². The maximum absolute atomic E-state index is 12.7. The van der Waals surface area contributed by atoms with E-state index in [0.29, 0.717) is 16.3 Å². The fourth-order valence-corrected chi connectivity index (χ4v) is 4.62. The molecule has 1 aliphatic heterocycles. The Bertz CT molecular complexity index is 803. The second-order valence-corrected chi connectivity index (χ2v) is 9.28. The van der Waals surface area contributed by atoms with E-state index >= 15 is 0 Å². The summed E-state index contributed by atoms with van der Waals surface area (Å²) >= 11 is 9.33. The molecule has 4 nitrogen and oxygen atoms in total. The second kappa shape index (κ2) is 7.40. The van der Waals surface area contributed by atoms with Crippen molar-refractivity contribution in [1.29, 1.82) is 0 Å². The lowest BCUT2D eigenvalue weighted by Crippen LogP contribution is -2.28. The van der Waals surface area contributed by atoms with E-state index in [4.69, 9.17) is 16.3 Å². The summed E-state index contributed by atoms with van der Waals surface area (Å²) in [6.07, 6.45) is 0. The molecule has 1 aliphatic rings. The highest BCUT2D eigenvalue weighted by Crippen LogP contribution is 2.37. The van der Waals surface area contributed by atoms with Gasteiger partial charge in [-0.2, -0.15) is 16.3 Å². The number of carbonyl (C=O) groups excluding carboxylic acids is 1. The van der Waals surface area contributed by atoms with Gasteiger partial charge >= 0.3 is 0 Å². The van der Waals surface area contributed by atoms with Gasteiger partial charge in [-0.3, -0.25) is 4.79 Å². The molecule has 2 aromatic rings. The van der Waals surface area contributed by atoms with E-state index in [0.717, 1.165) is 18.3 Å². The largest absolute Gasteiger partial charge is 0.496 e. The van der Waals surface area contributed by atoms with Crippen molar-refractivity contribution in [2.75, 3.05) is 13.7 Å². The van der Waals surface area contributed by atoms with Crippen LogP contribution >= 0.6 is 34.7 Å². The van der Waals surface area contributed by atoms with Crippen LogP contribution < -0.4 is 4.74 Å². The normalized spacial score (nSPS) is 17.9. The number of halogens is 1. The highest BCUT2D eigenvalue weighted by molar-refractivity contribution is 8.15. The third-order valence-electron chi connectivity index (χ3n) is 3.75.